The molecule has 10 heteroatoms. The first-order valence-electron chi connectivity index (χ1n) is 14.1. The zero-order valence-corrected chi connectivity index (χ0v) is 24.5. The van der Waals surface area contributed by atoms with E-state index in [1.807, 2.05) is 48.5 Å². The lowest BCUT2D eigenvalue weighted by atomic mass is 9.90. The number of ether oxygens (including phenoxy) is 1. The molecule has 1 aliphatic rings. The minimum absolute atomic E-state index is 0.161. The normalized spacial score (nSPS) is 14.1. The first-order chi connectivity index (χ1) is 20.9. The van der Waals surface area contributed by atoms with Crippen molar-refractivity contribution in [3.8, 4) is 0 Å². The van der Waals surface area contributed by atoms with Gasteiger partial charge in [0.05, 0.1) is 7.11 Å². The quantitative estimate of drug-likeness (QED) is 0.117. The van der Waals surface area contributed by atoms with Crippen molar-refractivity contribution in [1.82, 2.24) is 15.3 Å². The number of rotatable bonds is 12. The first kappa shape index (κ1) is 29.7. The van der Waals surface area contributed by atoms with Crippen LogP contribution in [0.3, 0.4) is 0 Å². The van der Waals surface area contributed by atoms with Gasteiger partial charge in [-0.3, -0.25) is 4.79 Å². The number of amides is 1. The van der Waals surface area contributed by atoms with Crippen LogP contribution in [0.4, 0.5) is 11.8 Å². The number of carbonyl (C=O) groups is 2. The molecule has 1 amide bonds. The predicted molar refractivity (Wildman–Crippen MR) is 168 cm³/mol. The Morgan fingerprint density at radius 2 is 1.63 bits per heavy atom. The van der Waals surface area contributed by atoms with E-state index in [1.165, 1.54) is 13.3 Å². The molecule has 5 rings (SSSR count). The number of nitrogens with zero attached hydrogens (tertiary/aromatic N) is 2. The molecule has 0 spiro atoms. The second-order valence-electron chi connectivity index (χ2n) is 10.3. The van der Waals surface area contributed by atoms with Gasteiger partial charge in [0.15, 0.2) is 6.04 Å². The summed E-state index contributed by atoms with van der Waals surface area (Å²) in [5, 5.41) is 19.1. The van der Waals surface area contributed by atoms with E-state index in [0.29, 0.717) is 22.2 Å². The number of hydrogen-bond donors (Lipinski definition) is 4. The van der Waals surface area contributed by atoms with Crippen LogP contribution in [0.2, 0.25) is 5.02 Å². The highest BCUT2D eigenvalue weighted by molar-refractivity contribution is 6.30. The van der Waals surface area contributed by atoms with Gasteiger partial charge in [-0.15, -0.1) is 0 Å². The predicted octanol–water partition coefficient (Wildman–Crippen LogP) is 6.00. The lowest BCUT2D eigenvalue weighted by Crippen LogP contribution is -2.35. The molecule has 9 nitrogen and oxygen atoms in total. The molecule has 3 aromatic carbocycles. The van der Waals surface area contributed by atoms with Crippen LogP contribution in [0, 0.1) is 5.41 Å². The van der Waals surface area contributed by atoms with E-state index in [4.69, 9.17) is 21.7 Å². The van der Waals surface area contributed by atoms with Crippen molar-refractivity contribution in [3.05, 3.63) is 118 Å². The van der Waals surface area contributed by atoms with E-state index >= 15 is 0 Å². The van der Waals surface area contributed by atoms with Crippen LogP contribution in [0.1, 0.15) is 58.3 Å². The number of nitrogens with one attached hydrogen (secondary N) is 4. The molecule has 43 heavy (non-hydrogen) atoms. The third kappa shape index (κ3) is 7.37. The van der Waals surface area contributed by atoms with Crippen molar-refractivity contribution >= 4 is 41.0 Å². The molecular weight excluding hydrogens is 564 g/mol. The van der Waals surface area contributed by atoms with Gasteiger partial charge in [0.25, 0.3) is 5.91 Å². The number of halogens is 1. The van der Waals surface area contributed by atoms with Crippen LogP contribution in [0.5, 0.6) is 0 Å². The summed E-state index contributed by atoms with van der Waals surface area (Å²) in [5.41, 5.74) is 2.79. The molecule has 2 unspecified atom stereocenters. The molecule has 1 heterocycles. The Morgan fingerprint density at radius 1 is 0.977 bits per heavy atom. The van der Waals surface area contributed by atoms with Crippen LogP contribution in [0.15, 0.2) is 91.1 Å². The lowest BCUT2D eigenvalue weighted by Gasteiger charge is -2.27. The van der Waals surface area contributed by atoms with Gasteiger partial charge < -0.3 is 26.1 Å². The molecule has 1 saturated carbocycles. The number of benzene rings is 3. The van der Waals surface area contributed by atoms with Gasteiger partial charge in [-0.05, 0) is 48.1 Å². The van der Waals surface area contributed by atoms with Crippen LogP contribution in [0.25, 0.3) is 0 Å². The fraction of sp³-hybridized carbons (Fsp3) is 0.242. The monoisotopic (exact) mass is 596 g/mol. The highest BCUT2D eigenvalue weighted by atomic mass is 35.5. The SMILES string of the molecule is COC(=O)C(NC(=O)c1cnc(NC2CCC2)nc1NCC(C(=N)c1ccc(Cl)cc1)c1ccccc1)c1ccccc1. The third-order valence-electron chi connectivity index (χ3n) is 7.50. The average Bonchev–Trinajstić information content (AvgIpc) is 3.02. The molecule has 4 aromatic rings. The van der Waals surface area contributed by atoms with E-state index in [-0.39, 0.29) is 29.9 Å². The van der Waals surface area contributed by atoms with E-state index in [0.717, 1.165) is 30.4 Å². The second-order valence-corrected chi connectivity index (χ2v) is 10.8. The number of carbonyl (C=O) groups excluding carboxylic acids is 2. The second kappa shape index (κ2) is 13.9. The summed E-state index contributed by atoms with van der Waals surface area (Å²) in [6, 6.07) is 25.0. The molecule has 1 aliphatic carbocycles. The Balaban J connectivity index is 1.44. The van der Waals surface area contributed by atoms with E-state index in [9.17, 15) is 9.59 Å². The van der Waals surface area contributed by atoms with Crippen molar-refractivity contribution < 1.29 is 14.3 Å². The Morgan fingerprint density at radius 3 is 2.23 bits per heavy atom. The molecule has 220 valence electrons. The van der Waals surface area contributed by atoms with Crippen molar-refractivity contribution in [2.75, 3.05) is 24.3 Å². The van der Waals surface area contributed by atoms with Crippen LogP contribution in [-0.4, -0.2) is 47.3 Å². The fourth-order valence-electron chi connectivity index (χ4n) is 4.84. The molecular formula is C33H33ClN6O3. The first-order valence-corrected chi connectivity index (χ1v) is 14.5. The smallest absolute Gasteiger partial charge is 0.333 e. The van der Waals surface area contributed by atoms with E-state index < -0.39 is 17.9 Å². The van der Waals surface area contributed by atoms with Crippen LogP contribution < -0.4 is 16.0 Å². The number of aromatic nitrogens is 2. The molecule has 1 fully saturated rings. The zero-order chi connectivity index (χ0) is 30.2. The van der Waals surface area contributed by atoms with Gasteiger partial charge in [0.1, 0.15) is 11.4 Å². The number of esters is 1. The highest BCUT2D eigenvalue weighted by Crippen LogP contribution is 2.26. The maximum atomic E-state index is 13.7. The largest absolute Gasteiger partial charge is 0.467 e. The minimum Gasteiger partial charge on any atom is -0.467 e. The summed E-state index contributed by atoms with van der Waals surface area (Å²) < 4.78 is 4.98. The van der Waals surface area contributed by atoms with Crippen LogP contribution >= 0.6 is 11.6 Å². The summed E-state index contributed by atoms with van der Waals surface area (Å²) in [4.78, 5) is 35.4. The Bertz CT molecular complexity index is 1560. The standard InChI is InChI=1S/C33H33ClN6O3/c1-43-32(42)29(23-11-6-3-7-12-23)39-31(41)27-20-37-33(38-25-13-8-14-25)40-30(27)36-19-26(21-9-4-2-5-10-21)28(35)22-15-17-24(34)18-16-22/h2-7,9-12,15-18,20,25-26,29,35H,8,13-14,19H2,1H3,(H,39,41)(H2,36,37,38,40). The van der Waals surface area contributed by atoms with Gasteiger partial charge >= 0.3 is 5.97 Å². The zero-order valence-electron chi connectivity index (χ0n) is 23.7. The van der Waals surface area contributed by atoms with Gasteiger partial charge in [-0.2, -0.15) is 4.98 Å². The molecule has 0 bridgehead atoms. The van der Waals surface area contributed by atoms with Crippen molar-refractivity contribution in [3.63, 3.8) is 0 Å². The molecule has 2 atom stereocenters. The van der Waals surface area contributed by atoms with E-state index in [2.05, 4.69) is 25.9 Å². The summed E-state index contributed by atoms with van der Waals surface area (Å²) in [6.45, 7) is 0.269. The van der Waals surface area contributed by atoms with Crippen molar-refractivity contribution in [1.29, 1.82) is 5.41 Å². The van der Waals surface area contributed by atoms with Crippen LogP contribution in [-0.2, 0) is 9.53 Å². The highest BCUT2D eigenvalue weighted by Gasteiger charge is 2.27. The van der Waals surface area contributed by atoms with Crippen molar-refractivity contribution in [2.24, 2.45) is 0 Å². The minimum atomic E-state index is -1.02. The van der Waals surface area contributed by atoms with Gasteiger partial charge in [-0.25, -0.2) is 9.78 Å². The Hall–Kier alpha value is -4.76. The third-order valence-corrected chi connectivity index (χ3v) is 7.75. The molecule has 0 aliphatic heterocycles. The van der Waals surface area contributed by atoms with Gasteiger partial charge in [0.2, 0.25) is 5.95 Å². The van der Waals surface area contributed by atoms with Crippen molar-refractivity contribution in [2.45, 2.75) is 37.3 Å². The summed E-state index contributed by atoms with van der Waals surface area (Å²) >= 11 is 6.10. The van der Waals surface area contributed by atoms with Gasteiger partial charge in [0, 0.05) is 35.4 Å². The molecule has 1 aromatic heterocycles. The maximum absolute atomic E-state index is 13.7. The topological polar surface area (TPSA) is 129 Å². The maximum Gasteiger partial charge on any atom is 0.333 e. The molecule has 4 N–H and O–H groups in total. The summed E-state index contributed by atoms with van der Waals surface area (Å²) in [6.07, 6.45) is 4.65. The van der Waals surface area contributed by atoms with Gasteiger partial charge in [-0.1, -0.05) is 84.4 Å². The Kier molecular flexibility index (Phi) is 9.63. The average molecular weight is 597 g/mol. The molecule has 0 radical (unpaired) electrons. The number of anilines is 2. The summed E-state index contributed by atoms with van der Waals surface area (Å²) in [5.74, 6) is -0.820. The number of hydrogen-bond acceptors (Lipinski definition) is 8. The number of methoxy groups -OCH3 is 1. The molecule has 0 saturated heterocycles. The van der Waals surface area contributed by atoms with E-state index in [1.54, 1.807) is 36.4 Å². The Labute approximate surface area is 255 Å². The fourth-order valence-corrected chi connectivity index (χ4v) is 4.97. The lowest BCUT2D eigenvalue weighted by molar-refractivity contribution is -0.143. The summed E-state index contributed by atoms with van der Waals surface area (Å²) in [7, 11) is 1.28.